The average molecular weight is 214 g/mol. The fraction of sp³-hybridized carbons (Fsp3) is 0.909. The van der Waals surface area contributed by atoms with Gasteiger partial charge in [-0.2, -0.15) is 0 Å². The van der Waals surface area contributed by atoms with Crippen LogP contribution in [0.25, 0.3) is 0 Å². The molecule has 88 valence electrons. The van der Waals surface area contributed by atoms with Gasteiger partial charge in [-0.1, -0.05) is 20.8 Å². The molecule has 15 heavy (non-hydrogen) atoms. The lowest BCUT2D eigenvalue weighted by atomic mass is 9.86. The molecule has 1 aliphatic rings. The zero-order valence-corrected chi connectivity index (χ0v) is 10.1. The normalized spacial score (nSPS) is 23.9. The Morgan fingerprint density at radius 2 is 2.13 bits per heavy atom. The molecule has 0 aliphatic carbocycles. The van der Waals surface area contributed by atoms with Crippen molar-refractivity contribution in [1.29, 1.82) is 0 Å². The lowest BCUT2D eigenvalue weighted by Gasteiger charge is -2.32. The predicted molar refractivity (Wildman–Crippen MR) is 59.4 cm³/mol. The van der Waals surface area contributed by atoms with Gasteiger partial charge in [-0.05, 0) is 11.8 Å². The number of nitrogens with two attached hydrogens (primary N) is 1. The molecule has 0 saturated carbocycles. The third-order valence-corrected chi connectivity index (χ3v) is 3.00. The van der Waals surface area contributed by atoms with E-state index in [1.54, 1.807) is 4.90 Å². The molecule has 0 bridgehead atoms. The van der Waals surface area contributed by atoms with Crippen LogP contribution in [0.5, 0.6) is 0 Å². The first-order chi connectivity index (χ1) is 6.84. The highest BCUT2D eigenvalue weighted by molar-refractivity contribution is 5.82. The van der Waals surface area contributed by atoms with Crippen molar-refractivity contribution in [3.05, 3.63) is 0 Å². The molecular weight excluding hydrogens is 192 g/mol. The molecule has 1 rings (SSSR count). The minimum atomic E-state index is -0.442. The molecule has 1 heterocycles. The van der Waals surface area contributed by atoms with Gasteiger partial charge in [-0.15, -0.1) is 0 Å². The summed E-state index contributed by atoms with van der Waals surface area (Å²) < 4.78 is 5.26. The van der Waals surface area contributed by atoms with Crippen molar-refractivity contribution in [3.63, 3.8) is 0 Å². The van der Waals surface area contributed by atoms with Crippen molar-refractivity contribution in [1.82, 2.24) is 4.90 Å². The molecule has 1 unspecified atom stereocenters. The Labute approximate surface area is 91.8 Å². The first-order valence-electron chi connectivity index (χ1n) is 5.44. The summed E-state index contributed by atoms with van der Waals surface area (Å²) in [6.07, 6.45) is 0.916. The fourth-order valence-electron chi connectivity index (χ4n) is 1.60. The monoisotopic (exact) mass is 214 g/mol. The summed E-state index contributed by atoms with van der Waals surface area (Å²) in [6.45, 7) is 7.32. The van der Waals surface area contributed by atoms with E-state index < -0.39 is 6.04 Å². The molecule has 0 aromatic carbocycles. The van der Waals surface area contributed by atoms with Gasteiger partial charge >= 0.3 is 0 Å². The van der Waals surface area contributed by atoms with E-state index in [1.807, 2.05) is 27.8 Å². The van der Waals surface area contributed by atoms with Gasteiger partial charge in [-0.3, -0.25) is 4.79 Å². The van der Waals surface area contributed by atoms with E-state index in [1.165, 1.54) is 0 Å². The van der Waals surface area contributed by atoms with Gasteiger partial charge in [0.1, 0.15) is 0 Å². The number of nitrogens with zero attached hydrogens (tertiary/aromatic N) is 1. The molecule has 0 radical (unpaired) electrons. The van der Waals surface area contributed by atoms with Gasteiger partial charge in [0.15, 0.2) is 0 Å². The maximum Gasteiger partial charge on any atom is 0.240 e. The van der Waals surface area contributed by atoms with Crippen molar-refractivity contribution in [2.75, 3.05) is 20.3 Å². The number of hydrogen-bond acceptors (Lipinski definition) is 3. The molecule has 1 aliphatic heterocycles. The third-order valence-electron chi connectivity index (χ3n) is 3.00. The Bertz CT molecular complexity index is 229. The van der Waals surface area contributed by atoms with E-state index >= 15 is 0 Å². The zero-order valence-electron chi connectivity index (χ0n) is 10.1. The van der Waals surface area contributed by atoms with Crippen LogP contribution in [0.1, 0.15) is 27.2 Å². The van der Waals surface area contributed by atoms with E-state index in [4.69, 9.17) is 10.5 Å². The minimum absolute atomic E-state index is 0.0120. The Hall–Kier alpha value is -0.610. The summed E-state index contributed by atoms with van der Waals surface area (Å²) >= 11 is 0. The van der Waals surface area contributed by atoms with Crippen LogP contribution in [0.3, 0.4) is 0 Å². The van der Waals surface area contributed by atoms with Gasteiger partial charge < -0.3 is 15.4 Å². The van der Waals surface area contributed by atoms with Gasteiger partial charge in [0, 0.05) is 13.7 Å². The van der Waals surface area contributed by atoms with Crippen LogP contribution in [0.15, 0.2) is 0 Å². The molecule has 1 fully saturated rings. The van der Waals surface area contributed by atoms with Crippen molar-refractivity contribution in [2.45, 2.75) is 39.3 Å². The second-order valence-electron chi connectivity index (χ2n) is 5.31. The lowest BCUT2D eigenvalue weighted by molar-refractivity contribution is -0.135. The van der Waals surface area contributed by atoms with E-state index in [2.05, 4.69) is 0 Å². The number of hydrogen-bond donors (Lipinski definition) is 1. The molecule has 0 aromatic rings. The van der Waals surface area contributed by atoms with E-state index in [0.717, 1.165) is 13.0 Å². The van der Waals surface area contributed by atoms with Crippen LogP contribution < -0.4 is 5.73 Å². The highest BCUT2D eigenvalue weighted by Gasteiger charge is 2.33. The van der Waals surface area contributed by atoms with Crippen LogP contribution in [0.2, 0.25) is 0 Å². The van der Waals surface area contributed by atoms with Crippen LogP contribution in [0.4, 0.5) is 0 Å². The molecule has 0 spiro atoms. The van der Waals surface area contributed by atoms with Gasteiger partial charge in [0.05, 0.1) is 18.7 Å². The predicted octanol–water partition coefficient (Wildman–Crippen LogP) is 0.607. The summed E-state index contributed by atoms with van der Waals surface area (Å²) in [5.74, 6) is 0.0120. The third kappa shape index (κ3) is 2.92. The summed E-state index contributed by atoms with van der Waals surface area (Å²) in [5, 5.41) is 0. The van der Waals surface area contributed by atoms with E-state index in [9.17, 15) is 4.79 Å². The number of carbonyl (C=O) groups excluding carboxylic acids is 1. The average Bonchev–Trinajstić information content (AvgIpc) is 2.65. The first kappa shape index (κ1) is 12.5. The van der Waals surface area contributed by atoms with Crippen molar-refractivity contribution < 1.29 is 9.53 Å². The molecular formula is C11H22N2O2. The Kier molecular flexibility index (Phi) is 3.73. The van der Waals surface area contributed by atoms with E-state index in [-0.39, 0.29) is 17.4 Å². The molecule has 2 N–H and O–H groups in total. The highest BCUT2D eigenvalue weighted by Crippen LogP contribution is 2.20. The lowest BCUT2D eigenvalue weighted by Crippen LogP contribution is -2.52. The number of carbonyl (C=O) groups is 1. The SMILES string of the molecule is CN(C(=O)[C@H](N)C(C)(C)C)C1CCOC1. The van der Waals surface area contributed by atoms with Gasteiger partial charge in [-0.25, -0.2) is 0 Å². The second kappa shape index (κ2) is 4.49. The Balaban J connectivity index is 2.59. The number of amides is 1. The summed E-state index contributed by atoms with van der Waals surface area (Å²) in [7, 11) is 1.81. The summed E-state index contributed by atoms with van der Waals surface area (Å²) in [5.41, 5.74) is 5.74. The van der Waals surface area contributed by atoms with Crippen LogP contribution >= 0.6 is 0 Å². The van der Waals surface area contributed by atoms with Crippen LogP contribution in [-0.4, -0.2) is 43.2 Å². The standard InChI is InChI=1S/C11H22N2O2/c1-11(2,3)9(12)10(14)13(4)8-5-6-15-7-8/h8-9H,5-7,12H2,1-4H3/t8?,9-/m0/s1. The molecule has 0 aromatic heterocycles. The van der Waals surface area contributed by atoms with Crippen LogP contribution in [-0.2, 0) is 9.53 Å². The number of likely N-dealkylation sites (N-methyl/N-ethyl adjacent to an activating group) is 1. The number of rotatable bonds is 2. The van der Waals surface area contributed by atoms with Crippen molar-refractivity contribution >= 4 is 5.91 Å². The zero-order chi connectivity index (χ0) is 11.6. The molecule has 1 saturated heterocycles. The summed E-state index contributed by atoms with van der Waals surface area (Å²) in [6, 6.07) is -0.242. The van der Waals surface area contributed by atoms with E-state index in [0.29, 0.717) is 6.61 Å². The van der Waals surface area contributed by atoms with Gasteiger partial charge in [0.2, 0.25) is 5.91 Å². The van der Waals surface area contributed by atoms with Crippen molar-refractivity contribution in [2.24, 2.45) is 11.1 Å². The highest BCUT2D eigenvalue weighted by atomic mass is 16.5. The minimum Gasteiger partial charge on any atom is -0.379 e. The maximum atomic E-state index is 12.0. The van der Waals surface area contributed by atoms with Gasteiger partial charge in [0.25, 0.3) is 0 Å². The van der Waals surface area contributed by atoms with Crippen molar-refractivity contribution in [3.8, 4) is 0 Å². The molecule has 1 amide bonds. The quantitative estimate of drug-likeness (QED) is 0.732. The topological polar surface area (TPSA) is 55.6 Å². The number of ether oxygens (including phenoxy) is 1. The smallest absolute Gasteiger partial charge is 0.240 e. The van der Waals surface area contributed by atoms with Crippen LogP contribution in [0, 0.1) is 5.41 Å². The Morgan fingerprint density at radius 3 is 2.53 bits per heavy atom. The Morgan fingerprint density at radius 1 is 1.53 bits per heavy atom. The molecule has 4 nitrogen and oxygen atoms in total. The second-order valence-corrected chi connectivity index (χ2v) is 5.31. The summed E-state index contributed by atoms with van der Waals surface area (Å²) in [4.78, 5) is 13.8. The largest absolute Gasteiger partial charge is 0.379 e. The molecule has 2 atom stereocenters. The molecule has 4 heteroatoms. The first-order valence-corrected chi connectivity index (χ1v) is 5.44. The maximum absolute atomic E-state index is 12.0. The fourth-order valence-corrected chi connectivity index (χ4v) is 1.60.